The second kappa shape index (κ2) is 8.52. The molecule has 0 amide bonds. The molecule has 3 heteroatoms. The highest BCUT2D eigenvalue weighted by molar-refractivity contribution is 6.31. The van der Waals surface area contributed by atoms with Crippen molar-refractivity contribution < 1.29 is 4.74 Å². The zero-order valence-corrected chi connectivity index (χ0v) is 12.3. The average Bonchev–Trinajstić information content (AvgIpc) is 2.38. The molecule has 0 aromatic heterocycles. The van der Waals surface area contributed by atoms with E-state index in [-0.39, 0.29) is 12.2 Å². The van der Waals surface area contributed by atoms with Gasteiger partial charge in [-0.2, -0.15) is 0 Å². The standard InChI is InChI=1S/C15H24ClNO/c1-4-10-17-11-15(18-12(3)5-2)13-8-6-7-9-14(13)16/h6-9,12,15,17H,4-5,10-11H2,1-3H3. The lowest BCUT2D eigenvalue weighted by Crippen LogP contribution is -2.26. The van der Waals surface area contributed by atoms with Crippen molar-refractivity contribution >= 4 is 11.6 Å². The Morgan fingerprint density at radius 2 is 2.00 bits per heavy atom. The molecule has 0 radical (unpaired) electrons. The first-order chi connectivity index (χ1) is 8.69. The molecule has 1 aromatic rings. The molecule has 1 aromatic carbocycles. The molecular weight excluding hydrogens is 246 g/mol. The minimum absolute atomic E-state index is 0.0280. The van der Waals surface area contributed by atoms with Crippen LogP contribution in [0, 0.1) is 0 Å². The number of rotatable bonds is 8. The normalized spacial score (nSPS) is 14.4. The van der Waals surface area contributed by atoms with Crippen molar-refractivity contribution in [3.63, 3.8) is 0 Å². The van der Waals surface area contributed by atoms with E-state index in [9.17, 15) is 0 Å². The predicted molar refractivity (Wildman–Crippen MR) is 78.2 cm³/mol. The molecule has 18 heavy (non-hydrogen) atoms. The number of benzene rings is 1. The van der Waals surface area contributed by atoms with Crippen molar-refractivity contribution in [3.8, 4) is 0 Å². The lowest BCUT2D eigenvalue weighted by Gasteiger charge is -2.23. The summed E-state index contributed by atoms with van der Waals surface area (Å²) in [5.41, 5.74) is 1.07. The van der Waals surface area contributed by atoms with Crippen molar-refractivity contribution in [2.24, 2.45) is 0 Å². The van der Waals surface area contributed by atoms with Crippen LogP contribution in [0.5, 0.6) is 0 Å². The second-order valence-corrected chi connectivity index (χ2v) is 4.98. The molecule has 0 spiro atoms. The van der Waals surface area contributed by atoms with Gasteiger partial charge in [-0.1, -0.05) is 43.6 Å². The molecule has 1 N–H and O–H groups in total. The Morgan fingerprint density at radius 3 is 2.61 bits per heavy atom. The zero-order chi connectivity index (χ0) is 13.4. The molecule has 2 unspecified atom stereocenters. The van der Waals surface area contributed by atoms with Crippen LogP contribution in [0.3, 0.4) is 0 Å². The molecule has 0 heterocycles. The summed E-state index contributed by atoms with van der Waals surface area (Å²) < 4.78 is 6.07. The third kappa shape index (κ3) is 4.97. The highest BCUT2D eigenvalue weighted by Gasteiger charge is 2.17. The molecule has 102 valence electrons. The Labute approximate surface area is 116 Å². The number of ether oxygens (including phenoxy) is 1. The van der Waals surface area contributed by atoms with Gasteiger partial charge >= 0.3 is 0 Å². The Balaban J connectivity index is 2.73. The summed E-state index contributed by atoms with van der Waals surface area (Å²) >= 11 is 6.25. The van der Waals surface area contributed by atoms with Crippen LogP contribution in [0.2, 0.25) is 5.02 Å². The summed E-state index contributed by atoms with van der Waals surface area (Å²) in [7, 11) is 0. The average molecular weight is 270 g/mol. The van der Waals surface area contributed by atoms with Crippen LogP contribution in [0.25, 0.3) is 0 Å². The number of hydrogen-bond acceptors (Lipinski definition) is 2. The smallest absolute Gasteiger partial charge is 0.0967 e. The van der Waals surface area contributed by atoms with Gasteiger partial charge in [0.15, 0.2) is 0 Å². The maximum Gasteiger partial charge on any atom is 0.0967 e. The third-order valence-corrected chi connectivity index (χ3v) is 3.32. The van der Waals surface area contributed by atoms with Gasteiger partial charge in [0.25, 0.3) is 0 Å². The van der Waals surface area contributed by atoms with Crippen molar-refractivity contribution in [1.82, 2.24) is 5.32 Å². The van der Waals surface area contributed by atoms with Gasteiger partial charge in [0.1, 0.15) is 0 Å². The van der Waals surface area contributed by atoms with Crippen LogP contribution in [0.1, 0.15) is 45.3 Å². The summed E-state index contributed by atoms with van der Waals surface area (Å²) in [5.74, 6) is 0. The first-order valence-corrected chi connectivity index (χ1v) is 7.17. The SMILES string of the molecule is CCCNCC(OC(C)CC)c1ccccc1Cl. The first kappa shape index (κ1) is 15.5. The highest BCUT2D eigenvalue weighted by atomic mass is 35.5. The van der Waals surface area contributed by atoms with Gasteiger partial charge in [0, 0.05) is 17.1 Å². The van der Waals surface area contributed by atoms with E-state index in [0.717, 1.165) is 36.5 Å². The van der Waals surface area contributed by atoms with Gasteiger partial charge < -0.3 is 10.1 Å². The Bertz CT molecular complexity index is 343. The molecule has 0 aliphatic rings. The van der Waals surface area contributed by atoms with E-state index in [0.29, 0.717) is 0 Å². The van der Waals surface area contributed by atoms with E-state index in [1.807, 2.05) is 24.3 Å². The van der Waals surface area contributed by atoms with Gasteiger partial charge in [-0.25, -0.2) is 0 Å². The minimum atomic E-state index is 0.0280. The summed E-state index contributed by atoms with van der Waals surface area (Å²) in [5, 5.41) is 4.19. The molecule has 0 aliphatic heterocycles. The largest absolute Gasteiger partial charge is 0.369 e. The molecule has 1 rings (SSSR count). The second-order valence-electron chi connectivity index (χ2n) is 4.57. The molecular formula is C15H24ClNO. The van der Waals surface area contributed by atoms with Crippen molar-refractivity contribution in [3.05, 3.63) is 34.9 Å². The van der Waals surface area contributed by atoms with E-state index >= 15 is 0 Å². The molecule has 0 saturated heterocycles. The quantitative estimate of drug-likeness (QED) is 0.715. The summed E-state index contributed by atoms with van der Waals surface area (Å²) in [6, 6.07) is 7.92. The van der Waals surface area contributed by atoms with E-state index in [4.69, 9.17) is 16.3 Å². The van der Waals surface area contributed by atoms with Crippen molar-refractivity contribution in [2.45, 2.75) is 45.8 Å². The van der Waals surface area contributed by atoms with Crippen molar-refractivity contribution in [2.75, 3.05) is 13.1 Å². The number of nitrogens with one attached hydrogen (secondary N) is 1. The monoisotopic (exact) mass is 269 g/mol. The van der Waals surface area contributed by atoms with E-state index in [1.165, 1.54) is 0 Å². The van der Waals surface area contributed by atoms with E-state index in [2.05, 4.69) is 26.1 Å². The summed E-state index contributed by atoms with van der Waals surface area (Å²) in [6.45, 7) is 8.21. The van der Waals surface area contributed by atoms with Crippen LogP contribution in [-0.2, 0) is 4.74 Å². The molecule has 0 fully saturated rings. The van der Waals surface area contributed by atoms with Crippen LogP contribution >= 0.6 is 11.6 Å². The van der Waals surface area contributed by atoms with E-state index in [1.54, 1.807) is 0 Å². The van der Waals surface area contributed by atoms with Crippen LogP contribution in [-0.4, -0.2) is 19.2 Å². The van der Waals surface area contributed by atoms with Crippen LogP contribution in [0.4, 0.5) is 0 Å². The third-order valence-electron chi connectivity index (χ3n) is 2.98. The van der Waals surface area contributed by atoms with E-state index < -0.39 is 0 Å². The maximum atomic E-state index is 6.25. The summed E-state index contributed by atoms with van der Waals surface area (Å²) in [6.07, 6.45) is 2.41. The molecule has 2 nitrogen and oxygen atoms in total. The number of hydrogen-bond donors (Lipinski definition) is 1. The molecule has 0 bridgehead atoms. The molecule has 0 aliphatic carbocycles. The predicted octanol–water partition coefficient (Wildman–Crippen LogP) is 4.20. The minimum Gasteiger partial charge on any atom is -0.369 e. The van der Waals surface area contributed by atoms with Gasteiger partial charge in [-0.15, -0.1) is 0 Å². The highest BCUT2D eigenvalue weighted by Crippen LogP contribution is 2.26. The first-order valence-electron chi connectivity index (χ1n) is 6.79. The summed E-state index contributed by atoms with van der Waals surface area (Å²) in [4.78, 5) is 0. The zero-order valence-electron chi connectivity index (χ0n) is 11.6. The Hall–Kier alpha value is -0.570. The van der Waals surface area contributed by atoms with Gasteiger partial charge in [0.05, 0.1) is 12.2 Å². The van der Waals surface area contributed by atoms with Crippen LogP contribution in [0.15, 0.2) is 24.3 Å². The lowest BCUT2D eigenvalue weighted by molar-refractivity contribution is -0.00435. The fourth-order valence-corrected chi connectivity index (χ4v) is 2.01. The molecule has 2 atom stereocenters. The van der Waals surface area contributed by atoms with Gasteiger partial charge in [-0.05, 0) is 32.4 Å². The van der Waals surface area contributed by atoms with Gasteiger partial charge in [-0.3, -0.25) is 0 Å². The fraction of sp³-hybridized carbons (Fsp3) is 0.600. The van der Waals surface area contributed by atoms with Gasteiger partial charge in [0.2, 0.25) is 0 Å². The fourth-order valence-electron chi connectivity index (χ4n) is 1.75. The topological polar surface area (TPSA) is 21.3 Å². The molecule has 0 saturated carbocycles. The van der Waals surface area contributed by atoms with Crippen LogP contribution < -0.4 is 5.32 Å². The van der Waals surface area contributed by atoms with Crippen molar-refractivity contribution in [1.29, 1.82) is 0 Å². The maximum absolute atomic E-state index is 6.25. The number of halogens is 1. The Morgan fingerprint density at radius 1 is 1.28 bits per heavy atom. The lowest BCUT2D eigenvalue weighted by atomic mass is 10.1. The Kier molecular flexibility index (Phi) is 7.33.